The fraction of sp³-hybridized carbons (Fsp3) is 0.111. The molecule has 0 saturated heterocycles. The van der Waals surface area contributed by atoms with Gasteiger partial charge in [0.05, 0.1) is 11.3 Å². The van der Waals surface area contributed by atoms with Crippen LogP contribution in [0.2, 0.25) is 0 Å². The van der Waals surface area contributed by atoms with Crippen molar-refractivity contribution in [2.75, 3.05) is 5.32 Å². The summed E-state index contributed by atoms with van der Waals surface area (Å²) in [5.41, 5.74) is -0.560. The molecule has 1 N–H and O–H groups in total. The van der Waals surface area contributed by atoms with Crippen molar-refractivity contribution in [2.45, 2.75) is 13.1 Å². The van der Waals surface area contributed by atoms with Crippen molar-refractivity contribution in [3.8, 4) is 11.8 Å². The average Bonchev–Trinajstić information content (AvgIpc) is 2.54. The molecule has 26 heavy (non-hydrogen) atoms. The summed E-state index contributed by atoms with van der Waals surface area (Å²) >= 11 is 0. The van der Waals surface area contributed by atoms with Gasteiger partial charge >= 0.3 is 12.1 Å². The number of hydrogen-bond acceptors (Lipinski definition) is 2. The monoisotopic (exact) mass is 367 g/mol. The van der Waals surface area contributed by atoms with Gasteiger partial charge in [0, 0.05) is 17.2 Å². The maximum absolute atomic E-state index is 13.8. The van der Waals surface area contributed by atoms with Crippen LogP contribution in [0.4, 0.5) is 27.6 Å². The molecule has 1 amide bonds. The lowest BCUT2D eigenvalue weighted by molar-refractivity contribution is -0.167. The van der Waals surface area contributed by atoms with E-state index >= 15 is 0 Å². The Morgan fingerprint density at radius 3 is 2.15 bits per heavy atom. The minimum atomic E-state index is -5.24. The maximum Gasteiger partial charge on any atom is 0.471 e. The van der Waals surface area contributed by atoms with Crippen LogP contribution in [0, 0.1) is 23.5 Å². The minimum Gasteiger partial charge on any atom is -0.315 e. The predicted molar refractivity (Wildman–Crippen MR) is 83.5 cm³/mol. The number of anilines is 1. The SMILES string of the molecule is CC(=O)c1ccc(C#Cc2cc(F)cc(F)c2NC(=O)C(F)(F)F)cc1. The van der Waals surface area contributed by atoms with Gasteiger partial charge in [-0.1, -0.05) is 24.0 Å². The second-order valence-corrected chi connectivity index (χ2v) is 5.15. The fourth-order valence-electron chi connectivity index (χ4n) is 1.91. The topological polar surface area (TPSA) is 46.2 Å². The first-order chi connectivity index (χ1) is 12.1. The Balaban J connectivity index is 2.40. The Hall–Kier alpha value is -3.21. The number of Topliss-reactive ketones (excluding diaryl/α,β-unsaturated/α-hetero) is 1. The number of hydrogen-bond donors (Lipinski definition) is 1. The third-order valence-electron chi connectivity index (χ3n) is 3.18. The molecule has 0 aliphatic carbocycles. The summed E-state index contributed by atoms with van der Waals surface area (Å²) in [5.74, 6) is -0.208. The first-order valence-electron chi connectivity index (χ1n) is 7.08. The molecule has 2 aromatic carbocycles. The van der Waals surface area contributed by atoms with Gasteiger partial charge in [0.1, 0.15) is 5.82 Å². The number of ketones is 1. The second kappa shape index (κ2) is 7.35. The highest BCUT2D eigenvalue weighted by Gasteiger charge is 2.39. The standard InChI is InChI=1S/C18H10F5NO2/c1-10(25)12-5-2-11(3-6-12)4-7-13-8-14(19)9-15(20)16(13)24-17(26)18(21,22)23/h2-3,5-6,8-9H,1H3,(H,24,26). The zero-order chi connectivity index (χ0) is 19.5. The van der Waals surface area contributed by atoms with Crippen LogP contribution in [-0.2, 0) is 4.79 Å². The lowest BCUT2D eigenvalue weighted by Gasteiger charge is -2.10. The number of halogens is 5. The summed E-state index contributed by atoms with van der Waals surface area (Å²) in [6.45, 7) is 1.37. The van der Waals surface area contributed by atoms with Gasteiger partial charge in [-0.2, -0.15) is 13.2 Å². The van der Waals surface area contributed by atoms with Crippen molar-refractivity contribution in [1.29, 1.82) is 0 Å². The van der Waals surface area contributed by atoms with Crippen molar-refractivity contribution in [2.24, 2.45) is 0 Å². The third-order valence-corrected chi connectivity index (χ3v) is 3.18. The van der Waals surface area contributed by atoms with Crippen LogP contribution in [0.15, 0.2) is 36.4 Å². The van der Waals surface area contributed by atoms with Gasteiger partial charge in [0.25, 0.3) is 0 Å². The van der Waals surface area contributed by atoms with E-state index in [0.29, 0.717) is 23.3 Å². The molecule has 0 aliphatic rings. The number of carbonyl (C=O) groups excluding carboxylic acids is 2. The fourth-order valence-corrected chi connectivity index (χ4v) is 1.91. The molecule has 134 valence electrons. The normalized spacial score (nSPS) is 10.7. The third kappa shape index (κ3) is 4.66. The summed E-state index contributed by atoms with van der Waals surface area (Å²) < 4.78 is 64.2. The Kier molecular flexibility index (Phi) is 5.41. The number of benzene rings is 2. The lowest BCUT2D eigenvalue weighted by atomic mass is 10.1. The molecule has 0 unspecified atom stereocenters. The van der Waals surface area contributed by atoms with E-state index in [1.165, 1.54) is 36.5 Å². The molecule has 0 atom stereocenters. The molecule has 0 radical (unpaired) electrons. The van der Waals surface area contributed by atoms with E-state index < -0.39 is 35.0 Å². The van der Waals surface area contributed by atoms with Gasteiger partial charge in [-0.15, -0.1) is 0 Å². The molecule has 0 aromatic heterocycles. The molecule has 0 fully saturated rings. The van der Waals surface area contributed by atoms with Crippen LogP contribution < -0.4 is 5.32 Å². The van der Waals surface area contributed by atoms with E-state index in [1.54, 1.807) is 0 Å². The van der Waals surface area contributed by atoms with Gasteiger partial charge in [-0.3, -0.25) is 9.59 Å². The zero-order valence-electron chi connectivity index (χ0n) is 13.2. The highest BCUT2D eigenvalue weighted by Crippen LogP contribution is 2.24. The average molecular weight is 367 g/mol. The minimum absolute atomic E-state index is 0.172. The summed E-state index contributed by atoms with van der Waals surface area (Å²) in [7, 11) is 0. The molecular formula is C18H10F5NO2. The first kappa shape index (κ1) is 19.1. The summed E-state index contributed by atoms with van der Waals surface area (Å²) in [6, 6.07) is 6.92. The Morgan fingerprint density at radius 1 is 1.00 bits per heavy atom. The molecule has 0 aliphatic heterocycles. The molecular weight excluding hydrogens is 357 g/mol. The highest BCUT2D eigenvalue weighted by atomic mass is 19.4. The molecule has 2 aromatic rings. The van der Waals surface area contributed by atoms with E-state index in [1.807, 2.05) is 0 Å². The number of carbonyl (C=O) groups is 2. The quantitative estimate of drug-likeness (QED) is 0.494. The van der Waals surface area contributed by atoms with Crippen molar-refractivity contribution >= 4 is 17.4 Å². The van der Waals surface area contributed by atoms with Crippen molar-refractivity contribution in [3.63, 3.8) is 0 Å². The van der Waals surface area contributed by atoms with Gasteiger partial charge in [-0.25, -0.2) is 8.78 Å². The smallest absolute Gasteiger partial charge is 0.315 e. The predicted octanol–water partition coefficient (Wildman–Crippen LogP) is 4.07. The molecule has 0 heterocycles. The highest BCUT2D eigenvalue weighted by molar-refractivity contribution is 5.96. The van der Waals surface area contributed by atoms with Crippen LogP contribution >= 0.6 is 0 Å². The second-order valence-electron chi connectivity index (χ2n) is 5.15. The number of nitrogens with one attached hydrogen (secondary N) is 1. The summed E-state index contributed by atoms with van der Waals surface area (Å²) in [6.07, 6.45) is -5.24. The molecule has 0 spiro atoms. The van der Waals surface area contributed by atoms with E-state index in [0.717, 1.165) is 0 Å². The Labute approximate surface area is 144 Å². The molecule has 0 bridgehead atoms. The number of rotatable bonds is 2. The van der Waals surface area contributed by atoms with Gasteiger partial charge in [0.2, 0.25) is 0 Å². The number of amides is 1. The summed E-state index contributed by atoms with van der Waals surface area (Å²) in [5, 5.41) is 1.35. The van der Waals surface area contributed by atoms with Crippen LogP contribution in [0.5, 0.6) is 0 Å². The van der Waals surface area contributed by atoms with Crippen LogP contribution in [0.1, 0.15) is 28.4 Å². The lowest BCUT2D eigenvalue weighted by Crippen LogP contribution is -2.30. The Morgan fingerprint density at radius 2 is 1.62 bits per heavy atom. The van der Waals surface area contributed by atoms with Crippen molar-refractivity contribution in [1.82, 2.24) is 0 Å². The van der Waals surface area contributed by atoms with E-state index in [4.69, 9.17) is 0 Å². The van der Waals surface area contributed by atoms with Crippen LogP contribution in [0.3, 0.4) is 0 Å². The van der Waals surface area contributed by atoms with Gasteiger partial charge < -0.3 is 5.32 Å². The largest absolute Gasteiger partial charge is 0.471 e. The number of alkyl halides is 3. The van der Waals surface area contributed by atoms with Gasteiger partial charge in [-0.05, 0) is 25.1 Å². The van der Waals surface area contributed by atoms with Gasteiger partial charge in [0.15, 0.2) is 11.6 Å². The van der Waals surface area contributed by atoms with Crippen LogP contribution in [-0.4, -0.2) is 17.9 Å². The van der Waals surface area contributed by atoms with E-state index in [9.17, 15) is 31.5 Å². The molecule has 0 saturated carbocycles. The van der Waals surface area contributed by atoms with Crippen molar-refractivity contribution in [3.05, 3.63) is 64.7 Å². The van der Waals surface area contributed by atoms with Crippen LogP contribution in [0.25, 0.3) is 0 Å². The molecule has 3 nitrogen and oxygen atoms in total. The summed E-state index contributed by atoms with van der Waals surface area (Å²) in [4.78, 5) is 22.2. The maximum atomic E-state index is 13.8. The first-order valence-corrected chi connectivity index (χ1v) is 7.08. The van der Waals surface area contributed by atoms with E-state index in [-0.39, 0.29) is 5.78 Å². The Bertz CT molecular complexity index is 922. The van der Waals surface area contributed by atoms with E-state index in [2.05, 4.69) is 11.8 Å². The zero-order valence-corrected chi connectivity index (χ0v) is 13.2. The van der Waals surface area contributed by atoms with Crippen molar-refractivity contribution < 1.29 is 31.5 Å². The molecule has 2 rings (SSSR count). The molecule has 8 heteroatoms.